The molecule has 2 aromatic carbocycles. The van der Waals surface area contributed by atoms with Crippen molar-refractivity contribution >= 4 is 45.4 Å². The number of hydrogen-bond acceptors (Lipinski definition) is 6. The molecule has 0 unspecified atom stereocenters. The molecule has 4 rings (SSSR count). The van der Waals surface area contributed by atoms with E-state index in [0.29, 0.717) is 27.6 Å². The summed E-state index contributed by atoms with van der Waals surface area (Å²) in [5.41, 5.74) is 3.38. The molecule has 0 atom stereocenters. The van der Waals surface area contributed by atoms with Gasteiger partial charge in [-0.3, -0.25) is 4.79 Å². The molecule has 2 N–H and O–H groups in total. The fourth-order valence-corrected chi connectivity index (χ4v) is 3.15. The molecule has 4 aromatic rings. The molecule has 0 saturated carbocycles. The Balaban J connectivity index is 1.46. The minimum Gasteiger partial charge on any atom is -0.338 e. The van der Waals surface area contributed by atoms with Crippen LogP contribution in [-0.2, 0) is 4.79 Å². The van der Waals surface area contributed by atoms with Crippen LogP contribution in [0.25, 0.3) is 22.1 Å². The summed E-state index contributed by atoms with van der Waals surface area (Å²) in [7, 11) is 0. The van der Waals surface area contributed by atoms with Gasteiger partial charge in [0, 0.05) is 16.6 Å². The van der Waals surface area contributed by atoms with Crippen LogP contribution in [0.15, 0.2) is 53.7 Å². The molecule has 126 valence electrons. The van der Waals surface area contributed by atoms with Gasteiger partial charge in [0.2, 0.25) is 11.1 Å². The van der Waals surface area contributed by atoms with E-state index in [-0.39, 0.29) is 11.7 Å². The Hall–Kier alpha value is -3.44. The van der Waals surface area contributed by atoms with Crippen molar-refractivity contribution in [1.29, 1.82) is 5.26 Å². The minimum atomic E-state index is -0.203. The van der Waals surface area contributed by atoms with Crippen LogP contribution in [0.2, 0.25) is 0 Å². The number of nitrogens with zero attached hydrogens (tertiary/aromatic N) is 4. The van der Waals surface area contributed by atoms with E-state index >= 15 is 0 Å². The number of fused-ring (bicyclic) bond motifs is 3. The number of anilines is 1. The van der Waals surface area contributed by atoms with Crippen LogP contribution >= 0.6 is 11.8 Å². The highest BCUT2D eigenvalue weighted by molar-refractivity contribution is 7.99. The molecule has 0 aliphatic carbocycles. The van der Waals surface area contributed by atoms with E-state index < -0.39 is 0 Å². The Morgan fingerprint density at radius 2 is 2.08 bits per heavy atom. The van der Waals surface area contributed by atoms with Crippen molar-refractivity contribution in [3.05, 3.63) is 54.1 Å². The van der Waals surface area contributed by atoms with E-state index in [2.05, 4.69) is 25.5 Å². The van der Waals surface area contributed by atoms with Gasteiger partial charge in [-0.25, -0.2) is 4.98 Å². The van der Waals surface area contributed by atoms with E-state index in [9.17, 15) is 4.79 Å². The van der Waals surface area contributed by atoms with E-state index in [4.69, 9.17) is 5.26 Å². The summed E-state index contributed by atoms with van der Waals surface area (Å²) >= 11 is 1.20. The fourth-order valence-electron chi connectivity index (χ4n) is 2.56. The quantitative estimate of drug-likeness (QED) is 0.542. The van der Waals surface area contributed by atoms with Gasteiger partial charge in [0.05, 0.1) is 17.4 Å². The smallest absolute Gasteiger partial charge is 0.234 e. The topological polar surface area (TPSA) is 107 Å². The molecule has 0 spiro atoms. The van der Waals surface area contributed by atoms with E-state index in [1.807, 2.05) is 30.3 Å². The average Bonchev–Trinajstić information content (AvgIpc) is 3.04. The van der Waals surface area contributed by atoms with Crippen molar-refractivity contribution in [2.45, 2.75) is 5.16 Å². The number of carbonyl (C=O) groups excluding carboxylic acids is 1. The summed E-state index contributed by atoms with van der Waals surface area (Å²) in [5, 5.41) is 21.3. The fraction of sp³-hybridized carbons (Fsp3) is 0.0556. The predicted molar refractivity (Wildman–Crippen MR) is 99.7 cm³/mol. The molecule has 2 heterocycles. The first kappa shape index (κ1) is 16.1. The number of aromatic nitrogens is 4. The third-order valence-electron chi connectivity index (χ3n) is 3.71. The number of rotatable bonds is 4. The zero-order chi connectivity index (χ0) is 17.9. The van der Waals surface area contributed by atoms with Crippen molar-refractivity contribution in [3.8, 4) is 6.07 Å². The number of H-pyrrole nitrogens is 1. The first-order valence-corrected chi connectivity index (χ1v) is 8.75. The first-order valence-electron chi connectivity index (χ1n) is 7.77. The molecule has 26 heavy (non-hydrogen) atoms. The average molecular weight is 360 g/mol. The SMILES string of the molecule is N#Cc1cccc(NC(=O)CSc2nnc3c(n2)[nH]c2ccccc23)c1. The lowest BCUT2D eigenvalue weighted by molar-refractivity contribution is -0.113. The number of nitrogens with one attached hydrogen (secondary N) is 2. The number of aromatic amines is 1. The highest BCUT2D eigenvalue weighted by Gasteiger charge is 2.11. The van der Waals surface area contributed by atoms with Gasteiger partial charge >= 0.3 is 0 Å². The van der Waals surface area contributed by atoms with Crippen molar-refractivity contribution < 1.29 is 4.79 Å². The number of amides is 1. The number of benzene rings is 2. The number of nitriles is 1. The van der Waals surface area contributed by atoms with Gasteiger partial charge in [0.25, 0.3) is 0 Å². The molecule has 1 amide bonds. The summed E-state index contributed by atoms with van der Waals surface area (Å²) in [4.78, 5) is 19.7. The lowest BCUT2D eigenvalue weighted by Crippen LogP contribution is -2.14. The van der Waals surface area contributed by atoms with Gasteiger partial charge in [0.15, 0.2) is 5.65 Å². The highest BCUT2D eigenvalue weighted by Crippen LogP contribution is 2.23. The van der Waals surface area contributed by atoms with Crippen LogP contribution in [-0.4, -0.2) is 31.8 Å². The Labute approximate surface area is 152 Å². The standard InChI is InChI=1S/C18H12N6OS/c19-9-11-4-3-5-12(8-11)20-15(25)10-26-18-22-17-16(23-24-18)13-6-1-2-7-14(13)21-17/h1-8H,10H2,(H,20,25)(H,21,22,24). The normalized spacial score (nSPS) is 10.7. The number of para-hydroxylation sites is 1. The van der Waals surface area contributed by atoms with Gasteiger partial charge in [-0.05, 0) is 24.3 Å². The van der Waals surface area contributed by atoms with Gasteiger partial charge in [-0.2, -0.15) is 5.26 Å². The third-order valence-corrected chi connectivity index (χ3v) is 4.55. The van der Waals surface area contributed by atoms with E-state index in [1.54, 1.807) is 24.3 Å². The second-order valence-electron chi connectivity index (χ2n) is 5.49. The van der Waals surface area contributed by atoms with Crippen molar-refractivity contribution in [2.24, 2.45) is 0 Å². The molecule has 8 heteroatoms. The van der Waals surface area contributed by atoms with E-state index in [1.165, 1.54) is 11.8 Å². The van der Waals surface area contributed by atoms with Crippen LogP contribution in [0.4, 0.5) is 5.69 Å². The lowest BCUT2D eigenvalue weighted by atomic mass is 10.2. The molecule has 0 fully saturated rings. The minimum absolute atomic E-state index is 0.143. The largest absolute Gasteiger partial charge is 0.338 e. The predicted octanol–water partition coefficient (Wildman–Crippen LogP) is 3.11. The van der Waals surface area contributed by atoms with Crippen molar-refractivity contribution in [3.63, 3.8) is 0 Å². The Morgan fingerprint density at radius 1 is 1.19 bits per heavy atom. The van der Waals surface area contributed by atoms with Gasteiger partial charge in [-0.15, -0.1) is 10.2 Å². The van der Waals surface area contributed by atoms with Gasteiger partial charge in [-0.1, -0.05) is 36.0 Å². The van der Waals surface area contributed by atoms with Crippen LogP contribution in [0, 0.1) is 11.3 Å². The van der Waals surface area contributed by atoms with Crippen LogP contribution in [0.3, 0.4) is 0 Å². The molecule has 0 aliphatic rings. The maximum Gasteiger partial charge on any atom is 0.234 e. The molecular weight excluding hydrogens is 348 g/mol. The molecule has 0 radical (unpaired) electrons. The second-order valence-corrected chi connectivity index (χ2v) is 6.43. The summed E-state index contributed by atoms with van der Waals surface area (Å²) in [6, 6.07) is 16.6. The maximum absolute atomic E-state index is 12.1. The Morgan fingerprint density at radius 3 is 2.96 bits per heavy atom. The Kier molecular flexibility index (Phi) is 4.21. The molecule has 0 aliphatic heterocycles. The number of hydrogen-bond donors (Lipinski definition) is 2. The monoisotopic (exact) mass is 360 g/mol. The zero-order valence-corrected chi connectivity index (χ0v) is 14.2. The molecule has 0 bridgehead atoms. The Bertz CT molecular complexity index is 1160. The molecule has 2 aromatic heterocycles. The lowest BCUT2D eigenvalue weighted by Gasteiger charge is -2.04. The summed E-state index contributed by atoms with van der Waals surface area (Å²) in [6.45, 7) is 0. The molecule has 7 nitrogen and oxygen atoms in total. The second kappa shape index (κ2) is 6.82. The summed E-state index contributed by atoms with van der Waals surface area (Å²) < 4.78 is 0. The summed E-state index contributed by atoms with van der Waals surface area (Å²) in [6.07, 6.45) is 0. The highest BCUT2D eigenvalue weighted by atomic mass is 32.2. The first-order chi connectivity index (χ1) is 12.7. The molecule has 0 saturated heterocycles. The van der Waals surface area contributed by atoms with Crippen LogP contribution in [0.1, 0.15) is 5.56 Å². The van der Waals surface area contributed by atoms with Gasteiger partial charge in [0.1, 0.15) is 5.52 Å². The molecular formula is C18H12N6OS. The zero-order valence-electron chi connectivity index (χ0n) is 13.4. The van der Waals surface area contributed by atoms with Crippen molar-refractivity contribution in [1.82, 2.24) is 20.2 Å². The summed E-state index contributed by atoms with van der Waals surface area (Å²) in [5.74, 6) is -0.0603. The van der Waals surface area contributed by atoms with Gasteiger partial charge < -0.3 is 10.3 Å². The van der Waals surface area contributed by atoms with Crippen LogP contribution < -0.4 is 5.32 Å². The van der Waals surface area contributed by atoms with Crippen molar-refractivity contribution in [2.75, 3.05) is 11.1 Å². The number of thioether (sulfide) groups is 1. The van der Waals surface area contributed by atoms with Crippen LogP contribution in [0.5, 0.6) is 0 Å². The third kappa shape index (κ3) is 3.20. The maximum atomic E-state index is 12.1. The number of carbonyl (C=O) groups is 1. The van der Waals surface area contributed by atoms with E-state index in [0.717, 1.165) is 10.9 Å².